The molecule has 3 rings (SSSR count). The molecule has 0 bridgehead atoms. The topological polar surface area (TPSA) is 98.5 Å². The molecule has 146 valence electrons. The number of hydrogen-bond acceptors (Lipinski definition) is 6. The third-order valence-electron chi connectivity index (χ3n) is 3.63. The fraction of sp³-hybridized carbons (Fsp3) is 0.235. The standard InChI is InChI=1S/C17H14F3N5O3/c1-9-7-10(2)25-16(21-9)23-14(24-25)15(27)28-8-13(26)22-12-5-3-11(4-6-12)17(18,19)20/h3-7H,8H2,1-2H3,(H,22,26). The van der Waals surface area contributed by atoms with Crippen molar-refractivity contribution in [3.63, 3.8) is 0 Å². The molecule has 8 nitrogen and oxygen atoms in total. The van der Waals surface area contributed by atoms with Crippen molar-refractivity contribution in [3.8, 4) is 0 Å². The first-order valence-electron chi connectivity index (χ1n) is 7.99. The lowest BCUT2D eigenvalue weighted by Gasteiger charge is -2.08. The zero-order valence-corrected chi connectivity index (χ0v) is 14.7. The highest BCUT2D eigenvalue weighted by Gasteiger charge is 2.30. The number of carbonyl (C=O) groups is 2. The SMILES string of the molecule is Cc1cc(C)n2nc(C(=O)OCC(=O)Nc3ccc(C(F)(F)F)cc3)nc2n1. The van der Waals surface area contributed by atoms with Gasteiger partial charge in [-0.2, -0.15) is 18.2 Å². The Hall–Kier alpha value is -3.50. The van der Waals surface area contributed by atoms with E-state index in [0.29, 0.717) is 11.4 Å². The third-order valence-corrected chi connectivity index (χ3v) is 3.63. The van der Waals surface area contributed by atoms with Gasteiger partial charge in [-0.1, -0.05) is 0 Å². The van der Waals surface area contributed by atoms with Crippen LogP contribution in [-0.4, -0.2) is 38.1 Å². The van der Waals surface area contributed by atoms with Crippen LogP contribution in [0.25, 0.3) is 5.78 Å². The van der Waals surface area contributed by atoms with Gasteiger partial charge in [0.1, 0.15) is 0 Å². The van der Waals surface area contributed by atoms with Gasteiger partial charge in [-0.15, -0.1) is 5.10 Å². The molecule has 0 aliphatic carbocycles. The number of esters is 1. The van der Waals surface area contributed by atoms with Gasteiger partial charge in [0.2, 0.25) is 0 Å². The van der Waals surface area contributed by atoms with Gasteiger partial charge in [-0.25, -0.2) is 14.3 Å². The fourth-order valence-electron chi connectivity index (χ4n) is 2.39. The van der Waals surface area contributed by atoms with Crippen LogP contribution in [0.1, 0.15) is 27.6 Å². The summed E-state index contributed by atoms with van der Waals surface area (Å²) in [7, 11) is 0. The Labute approximate surface area is 156 Å². The molecule has 0 aliphatic rings. The third kappa shape index (κ3) is 4.24. The van der Waals surface area contributed by atoms with Crippen LogP contribution in [0.3, 0.4) is 0 Å². The highest BCUT2D eigenvalue weighted by atomic mass is 19.4. The van der Waals surface area contributed by atoms with E-state index in [0.717, 1.165) is 24.3 Å². The minimum atomic E-state index is -4.47. The lowest BCUT2D eigenvalue weighted by molar-refractivity contribution is -0.137. The summed E-state index contributed by atoms with van der Waals surface area (Å²) in [5.41, 5.74) is 0.714. The van der Waals surface area contributed by atoms with Gasteiger partial charge >= 0.3 is 12.1 Å². The molecule has 1 N–H and O–H groups in total. The molecular weight excluding hydrogens is 379 g/mol. The summed E-state index contributed by atoms with van der Waals surface area (Å²) in [5, 5.41) is 6.31. The number of fused-ring (bicyclic) bond motifs is 1. The molecule has 2 aromatic heterocycles. The fourth-order valence-corrected chi connectivity index (χ4v) is 2.39. The summed E-state index contributed by atoms with van der Waals surface area (Å²) < 4.78 is 43.8. The summed E-state index contributed by atoms with van der Waals surface area (Å²) in [6.45, 7) is 2.88. The van der Waals surface area contributed by atoms with E-state index >= 15 is 0 Å². The molecular formula is C17H14F3N5O3. The second-order valence-electron chi connectivity index (χ2n) is 5.89. The number of nitrogens with zero attached hydrogens (tertiary/aromatic N) is 4. The zero-order chi connectivity index (χ0) is 20.5. The number of benzene rings is 1. The Morgan fingerprint density at radius 1 is 1.14 bits per heavy atom. The number of aromatic nitrogens is 4. The summed E-state index contributed by atoms with van der Waals surface area (Å²) in [5.74, 6) is -1.69. The van der Waals surface area contributed by atoms with E-state index in [2.05, 4.69) is 20.4 Å². The maximum absolute atomic E-state index is 12.5. The Morgan fingerprint density at radius 2 is 1.82 bits per heavy atom. The Balaban J connectivity index is 1.60. The monoisotopic (exact) mass is 393 g/mol. The normalized spacial score (nSPS) is 11.5. The number of amides is 1. The summed E-state index contributed by atoms with van der Waals surface area (Å²) in [6, 6.07) is 5.62. The first-order valence-corrected chi connectivity index (χ1v) is 7.99. The minimum absolute atomic E-state index is 0.134. The molecule has 1 aromatic carbocycles. The molecule has 28 heavy (non-hydrogen) atoms. The molecule has 0 spiro atoms. The molecule has 0 atom stereocenters. The Kier molecular flexibility index (Phi) is 4.99. The molecule has 3 aromatic rings. The molecule has 11 heteroatoms. The average Bonchev–Trinajstić information content (AvgIpc) is 3.04. The average molecular weight is 393 g/mol. The number of carbonyl (C=O) groups excluding carboxylic acids is 2. The maximum Gasteiger partial charge on any atom is 0.416 e. The van der Waals surface area contributed by atoms with Gasteiger partial charge in [-0.3, -0.25) is 4.79 Å². The predicted molar refractivity (Wildman–Crippen MR) is 90.6 cm³/mol. The Bertz CT molecular complexity index is 1040. The molecule has 0 aliphatic heterocycles. The van der Waals surface area contributed by atoms with Gasteiger partial charge in [0, 0.05) is 17.1 Å². The van der Waals surface area contributed by atoms with Crippen molar-refractivity contribution < 1.29 is 27.5 Å². The van der Waals surface area contributed by atoms with Gasteiger partial charge in [0.25, 0.3) is 17.5 Å². The van der Waals surface area contributed by atoms with Gasteiger partial charge < -0.3 is 10.1 Å². The Morgan fingerprint density at radius 3 is 2.46 bits per heavy atom. The van der Waals surface area contributed by atoms with Crippen LogP contribution in [0, 0.1) is 13.8 Å². The second kappa shape index (κ2) is 7.25. The van der Waals surface area contributed by atoms with Crippen molar-refractivity contribution in [2.24, 2.45) is 0 Å². The van der Waals surface area contributed by atoms with E-state index in [1.807, 2.05) is 0 Å². The van der Waals surface area contributed by atoms with E-state index in [-0.39, 0.29) is 17.3 Å². The number of anilines is 1. The number of rotatable bonds is 4. The van der Waals surface area contributed by atoms with Gasteiger partial charge in [0.15, 0.2) is 6.61 Å². The molecule has 2 heterocycles. The van der Waals surface area contributed by atoms with Crippen LogP contribution in [0.4, 0.5) is 18.9 Å². The number of hydrogen-bond donors (Lipinski definition) is 1. The van der Waals surface area contributed by atoms with Crippen LogP contribution in [0.5, 0.6) is 0 Å². The molecule has 0 fully saturated rings. The lowest BCUT2D eigenvalue weighted by atomic mass is 10.2. The van der Waals surface area contributed by atoms with E-state index in [9.17, 15) is 22.8 Å². The van der Waals surface area contributed by atoms with E-state index in [1.165, 1.54) is 4.52 Å². The molecule has 0 radical (unpaired) electrons. The molecule has 0 saturated heterocycles. The zero-order valence-electron chi connectivity index (χ0n) is 14.7. The van der Waals surface area contributed by atoms with Crippen LogP contribution in [-0.2, 0) is 15.7 Å². The predicted octanol–water partition coefficient (Wildman–Crippen LogP) is 2.56. The molecule has 0 unspecified atom stereocenters. The van der Waals surface area contributed by atoms with Crippen LogP contribution >= 0.6 is 0 Å². The smallest absolute Gasteiger partial charge is 0.416 e. The van der Waals surface area contributed by atoms with Gasteiger partial charge in [0.05, 0.1) is 5.56 Å². The second-order valence-corrected chi connectivity index (χ2v) is 5.89. The van der Waals surface area contributed by atoms with E-state index in [4.69, 9.17) is 4.74 Å². The van der Waals surface area contributed by atoms with Gasteiger partial charge in [-0.05, 0) is 44.2 Å². The van der Waals surface area contributed by atoms with Crippen molar-refractivity contribution in [2.75, 3.05) is 11.9 Å². The minimum Gasteiger partial charge on any atom is -0.450 e. The number of nitrogens with one attached hydrogen (secondary N) is 1. The van der Waals surface area contributed by atoms with Crippen molar-refractivity contribution in [1.82, 2.24) is 19.6 Å². The van der Waals surface area contributed by atoms with Crippen LogP contribution in [0.2, 0.25) is 0 Å². The van der Waals surface area contributed by atoms with E-state index < -0.39 is 30.2 Å². The largest absolute Gasteiger partial charge is 0.450 e. The van der Waals surface area contributed by atoms with Crippen LogP contribution < -0.4 is 5.32 Å². The first kappa shape index (κ1) is 19.3. The number of halogens is 3. The summed E-state index contributed by atoms with van der Waals surface area (Å²) in [4.78, 5) is 32.0. The van der Waals surface area contributed by atoms with E-state index in [1.54, 1.807) is 19.9 Å². The summed E-state index contributed by atoms with van der Waals surface area (Å²) >= 11 is 0. The summed E-state index contributed by atoms with van der Waals surface area (Å²) in [6.07, 6.45) is -4.47. The number of ether oxygens (including phenoxy) is 1. The highest BCUT2D eigenvalue weighted by Crippen LogP contribution is 2.29. The number of alkyl halides is 3. The lowest BCUT2D eigenvalue weighted by Crippen LogP contribution is -2.21. The molecule has 0 saturated carbocycles. The first-order chi connectivity index (χ1) is 13.1. The van der Waals surface area contributed by atoms with Crippen molar-refractivity contribution in [2.45, 2.75) is 20.0 Å². The maximum atomic E-state index is 12.5. The van der Waals surface area contributed by atoms with Crippen molar-refractivity contribution in [1.29, 1.82) is 0 Å². The van der Waals surface area contributed by atoms with Crippen molar-refractivity contribution >= 4 is 23.3 Å². The number of aryl methyl sites for hydroxylation is 2. The van der Waals surface area contributed by atoms with Crippen LogP contribution in [0.15, 0.2) is 30.3 Å². The molecule has 1 amide bonds. The quantitative estimate of drug-likeness (QED) is 0.684. The van der Waals surface area contributed by atoms with Crippen molar-refractivity contribution in [3.05, 3.63) is 53.1 Å². The highest BCUT2D eigenvalue weighted by molar-refractivity contribution is 5.94.